The Labute approximate surface area is 157 Å². The van der Waals surface area contributed by atoms with Gasteiger partial charge in [0, 0.05) is 31.4 Å². The average Bonchev–Trinajstić information content (AvgIpc) is 2.67. The summed E-state index contributed by atoms with van der Waals surface area (Å²) in [6.45, 7) is 8.19. The topological polar surface area (TPSA) is 54.2 Å². The molecule has 0 spiro atoms. The molecular formula is C22H32N4. The summed E-state index contributed by atoms with van der Waals surface area (Å²) in [6, 6.07) is 13.9. The molecule has 0 radical (unpaired) electrons. The standard InChI is InChI=1S/C22H32N4/c1-17-9-10-22(25-14-17)18(2)26(12-6-5-11-23)16-21-13-19-7-3-4-8-20(19)15-24-21/h3-4,7-10,14,18,21,24H,5-6,11-13,15-16,23H2,1-2H3/t18-,21-/m1/s1. The third kappa shape index (κ3) is 4.91. The molecule has 0 saturated heterocycles. The van der Waals surface area contributed by atoms with Gasteiger partial charge in [0.05, 0.1) is 5.69 Å². The van der Waals surface area contributed by atoms with Gasteiger partial charge >= 0.3 is 0 Å². The molecule has 1 aliphatic heterocycles. The monoisotopic (exact) mass is 352 g/mol. The van der Waals surface area contributed by atoms with Crippen molar-refractivity contribution in [1.82, 2.24) is 15.2 Å². The van der Waals surface area contributed by atoms with Gasteiger partial charge in [-0.05, 0) is 69.0 Å². The van der Waals surface area contributed by atoms with E-state index in [1.165, 1.54) is 16.7 Å². The molecule has 1 aromatic carbocycles. The molecule has 0 saturated carbocycles. The van der Waals surface area contributed by atoms with E-state index in [-0.39, 0.29) is 0 Å². The molecule has 2 aromatic rings. The maximum absolute atomic E-state index is 5.71. The Hall–Kier alpha value is -1.75. The quantitative estimate of drug-likeness (QED) is 0.716. The van der Waals surface area contributed by atoms with Crippen LogP contribution in [0.3, 0.4) is 0 Å². The highest BCUT2D eigenvalue weighted by molar-refractivity contribution is 5.30. The van der Waals surface area contributed by atoms with Crippen LogP contribution in [0.2, 0.25) is 0 Å². The van der Waals surface area contributed by atoms with E-state index in [0.717, 1.165) is 51.1 Å². The predicted octanol–water partition coefficient (Wildman–Crippen LogP) is 3.21. The highest BCUT2D eigenvalue weighted by Gasteiger charge is 2.23. The molecule has 3 N–H and O–H groups in total. The molecule has 0 fully saturated rings. The van der Waals surface area contributed by atoms with Gasteiger partial charge in [-0.3, -0.25) is 9.88 Å². The number of nitrogens with one attached hydrogen (secondary N) is 1. The van der Waals surface area contributed by atoms with Gasteiger partial charge in [-0.25, -0.2) is 0 Å². The summed E-state index contributed by atoms with van der Waals surface area (Å²) >= 11 is 0. The number of nitrogens with two attached hydrogens (primary N) is 1. The summed E-state index contributed by atoms with van der Waals surface area (Å²) in [5.41, 5.74) is 11.0. The lowest BCUT2D eigenvalue weighted by Crippen LogP contribution is -2.45. The van der Waals surface area contributed by atoms with E-state index in [9.17, 15) is 0 Å². The van der Waals surface area contributed by atoms with Gasteiger partial charge in [0.1, 0.15) is 0 Å². The summed E-state index contributed by atoms with van der Waals surface area (Å²) < 4.78 is 0. The van der Waals surface area contributed by atoms with Crippen LogP contribution in [0.5, 0.6) is 0 Å². The minimum Gasteiger partial charge on any atom is -0.330 e. The molecule has 0 unspecified atom stereocenters. The molecule has 1 aromatic heterocycles. The van der Waals surface area contributed by atoms with Gasteiger partial charge in [0.25, 0.3) is 0 Å². The number of nitrogens with zero attached hydrogens (tertiary/aromatic N) is 2. The van der Waals surface area contributed by atoms with E-state index in [1.807, 2.05) is 6.20 Å². The summed E-state index contributed by atoms with van der Waals surface area (Å²) in [6.07, 6.45) is 5.28. The van der Waals surface area contributed by atoms with Gasteiger partial charge in [-0.2, -0.15) is 0 Å². The summed E-state index contributed by atoms with van der Waals surface area (Å²) in [5.74, 6) is 0. The molecule has 4 heteroatoms. The first-order valence-corrected chi connectivity index (χ1v) is 9.84. The van der Waals surface area contributed by atoms with Gasteiger partial charge in [0.15, 0.2) is 0 Å². The number of hydrogen-bond acceptors (Lipinski definition) is 4. The van der Waals surface area contributed by atoms with Crippen molar-refractivity contribution in [2.24, 2.45) is 5.73 Å². The SMILES string of the molecule is Cc1ccc([C@@H](C)N(CCCCN)C[C@H]2Cc3ccccc3CN2)nc1. The Kier molecular flexibility index (Phi) is 6.78. The molecule has 1 aliphatic rings. The molecule has 140 valence electrons. The molecule has 3 rings (SSSR count). The average molecular weight is 353 g/mol. The zero-order chi connectivity index (χ0) is 18.4. The molecule has 0 bridgehead atoms. The van der Waals surface area contributed by atoms with E-state index >= 15 is 0 Å². The van der Waals surface area contributed by atoms with Crippen molar-refractivity contribution < 1.29 is 0 Å². The number of fused-ring (bicyclic) bond motifs is 1. The van der Waals surface area contributed by atoms with Crippen molar-refractivity contribution in [3.63, 3.8) is 0 Å². The normalized spacial score (nSPS) is 17.9. The number of rotatable bonds is 8. The van der Waals surface area contributed by atoms with Gasteiger partial charge in [-0.15, -0.1) is 0 Å². The maximum atomic E-state index is 5.71. The largest absolute Gasteiger partial charge is 0.330 e. The summed E-state index contributed by atoms with van der Waals surface area (Å²) in [4.78, 5) is 7.24. The van der Waals surface area contributed by atoms with Crippen LogP contribution in [-0.2, 0) is 13.0 Å². The number of aromatic nitrogens is 1. The maximum Gasteiger partial charge on any atom is 0.0572 e. The second kappa shape index (κ2) is 9.26. The summed E-state index contributed by atoms with van der Waals surface area (Å²) in [5, 5.41) is 3.72. The third-order valence-corrected chi connectivity index (χ3v) is 5.43. The van der Waals surface area contributed by atoms with E-state index in [1.54, 1.807) is 0 Å². The van der Waals surface area contributed by atoms with Crippen LogP contribution in [0.4, 0.5) is 0 Å². The molecule has 2 atom stereocenters. The third-order valence-electron chi connectivity index (χ3n) is 5.43. The zero-order valence-corrected chi connectivity index (χ0v) is 16.1. The minimum absolute atomic E-state index is 0.312. The fourth-order valence-corrected chi connectivity index (χ4v) is 3.75. The second-order valence-electron chi connectivity index (χ2n) is 7.48. The van der Waals surface area contributed by atoms with E-state index in [4.69, 9.17) is 5.73 Å². The van der Waals surface area contributed by atoms with Crippen molar-refractivity contribution >= 4 is 0 Å². The Morgan fingerprint density at radius 1 is 1.19 bits per heavy atom. The number of aryl methyl sites for hydroxylation is 1. The van der Waals surface area contributed by atoms with Crippen molar-refractivity contribution in [2.75, 3.05) is 19.6 Å². The Morgan fingerprint density at radius 2 is 2.00 bits per heavy atom. The lowest BCUT2D eigenvalue weighted by Gasteiger charge is -2.35. The van der Waals surface area contributed by atoms with Gasteiger partial charge in [0.2, 0.25) is 0 Å². The van der Waals surface area contributed by atoms with E-state index < -0.39 is 0 Å². The van der Waals surface area contributed by atoms with Crippen LogP contribution in [-0.4, -0.2) is 35.6 Å². The molecular weight excluding hydrogens is 320 g/mol. The second-order valence-corrected chi connectivity index (χ2v) is 7.48. The molecule has 26 heavy (non-hydrogen) atoms. The lowest BCUT2D eigenvalue weighted by atomic mass is 9.95. The van der Waals surface area contributed by atoms with Crippen LogP contribution < -0.4 is 11.1 Å². The first kappa shape index (κ1) is 19.0. The highest BCUT2D eigenvalue weighted by Crippen LogP contribution is 2.22. The van der Waals surface area contributed by atoms with E-state index in [0.29, 0.717) is 12.1 Å². The zero-order valence-electron chi connectivity index (χ0n) is 16.1. The van der Waals surface area contributed by atoms with Crippen LogP contribution in [0.25, 0.3) is 0 Å². The van der Waals surface area contributed by atoms with Crippen molar-refractivity contribution in [2.45, 2.75) is 51.7 Å². The fraction of sp³-hybridized carbons (Fsp3) is 0.500. The Bertz CT molecular complexity index is 683. The molecule has 0 aliphatic carbocycles. The first-order chi connectivity index (χ1) is 12.7. The number of benzene rings is 1. The number of pyridine rings is 1. The van der Waals surface area contributed by atoms with E-state index in [2.05, 4.69) is 65.4 Å². The highest BCUT2D eigenvalue weighted by atomic mass is 15.2. The fourth-order valence-electron chi connectivity index (χ4n) is 3.75. The van der Waals surface area contributed by atoms with Crippen molar-refractivity contribution in [3.05, 3.63) is 65.0 Å². The van der Waals surface area contributed by atoms with Gasteiger partial charge < -0.3 is 11.1 Å². The van der Waals surface area contributed by atoms with Crippen LogP contribution in [0.1, 0.15) is 48.2 Å². The lowest BCUT2D eigenvalue weighted by molar-refractivity contribution is 0.177. The number of hydrogen-bond donors (Lipinski definition) is 2. The van der Waals surface area contributed by atoms with Crippen LogP contribution >= 0.6 is 0 Å². The molecule has 2 heterocycles. The Morgan fingerprint density at radius 3 is 2.73 bits per heavy atom. The minimum atomic E-state index is 0.312. The Balaban J connectivity index is 1.68. The van der Waals surface area contributed by atoms with Crippen molar-refractivity contribution in [3.8, 4) is 0 Å². The van der Waals surface area contributed by atoms with Crippen LogP contribution in [0.15, 0.2) is 42.6 Å². The number of unbranched alkanes of at least 4 members (excludes halogenated alkanes) is 1. The molecule has 0 amide bonds. The van der Waals surface area contributed by atoms with Gasteiger partial charge in [-0.1, -0.05) is 30.3 Å². The smallest absolute Gasteiger partial charge is 0.0572 e. The first-order valence-electron chi connectivity index (χ1n) is 9.84. The molecule has 4 nitrogen and oxygen atoms in total. The van der Waals surface area contributed by atoms with Crippen LogP contribution in [0, 0.1) is 6.92 Å². The van der Waals surface area contributed by atoms with Crippen molar-refractivity contribution in [1.29, 1.82) is 0 Å². The predicted molar refractivity (Wildman–Crippen MR) is 108 cm³/mol. The summed E-state index contributed by atoms with van der Waals surface area (Å²) in [7, 11) is 0.